The van der Waals surface area contributed by atoms with Crippen LogP contribution in [0.25, 0.3) is 0 Å². The number of hydrogen-bond donors (Lipinski definition) is 4. The van der Waals surface area contributed by atoms with E-state index in [4.69, 9.17) is 10.5 Å². The molecule has 0 aliphatic rings. The minimum atomic E-state index is -0.448. The Labute approximate surface area is 123 Å². The fraction of sp³-hybridized carbons (Fsp3) is 0.357. The number of nitrogens with two attached hydrogens (primary N) is 1. The molecule has 7 nitrogen and oxygen atoms in total. The summed E-state index contributed by atoms with van der Waals surface area (Å²) in [7, 11) is 1.46. The summed E-state index contributed by atoms with van der Waals surface area (Å²) in [6.07, 6.45) is 1.51. The van der Waals surface area contributed by atoms with E-state index in [0.29, 0.717) is 12.3 Å². The van der Waals surface area contributed by atoms with Gasteiger partial charge in [-0.15, -0.1) is 0 Å². The molecule has 0 spiro atoms. The molecule has 0 saturated carbocycles. The predicted molar refractivity (Wildman–Crippen MR) is 76.9 cm³/mol. The lowest BCUT2D eigenvalue weighted by atomic mass is 10.0. The summed E-state index contributed by atoms with van der Waals surface area (Å²) in [5.41, 5.74) is 11.1. The van der Waals surface area contributed by atoms with E-state index in [-0.39, 0.29) is 24.0 Å². The number of phenolic OH excluding ortho intramolecular Hbond substituents is 1. The van der Waals surface area contributed by atoms with Crippen LogP contribution in [0.3, 0.4) is 0 Å². The van der Waals surface area contributed by atoms with Crippen molar-refractivity contribution >= 4 is 11.8 Å². The Morgan fingerprint density at radius 2 is 2.19 bits per heavy atom. The Morgan fingerprint density at radius 1 is 1.48 bits per heavy atom. The summed E-state index contributed by atoms with van der Waals surface area (Å²) >= 11 is 0. The SMILES string of the molecule is COc1cc(CNNC(=O)[CH][C@H](C)CC(N)=O)ccc1O. The second-order valence-corrected chi connectivity index (χ2v) is 4.66. The Balaban J connectivity index is 2.36. The van der Waals surface area contributed by atoms with Gasteiger partial charge in [0.15, 0.2) is 11.5 Å². The number of carbonyl (C=O) groups excluding carboxylic acids is 2. The number of aromatic hydroxyl groups is 1. The molecule has 0 bridgehead atoms. The van der Waals surface area contributed by atoms with E-state index in [1.807, 2.05) is 0 Å². The van der Waals surface area contributed by atoms with Crippen molar-refractivity contribution < 1.29 is 19.4 Å². The lowest BCUT2D eigenvalue weighted by molar-refractivity contribution is -0.120. The van der Waals surface area contributed by atoms with Crippen LogP contribution in [-0.4, -0.2) is 24.0 Å². The van der Waals surface area contributed by atoms with Crippen molar-refractivity contribution in [2.75, 3.05) is 7.11 Å². The number of ether oxygens (including phenoxy) is 1. The molecule has 1 radical (unpaired) electrons. The maximum absolute atomic E-state index is 11.6. The molecule has 7 heteroatoms. The molecule has 1 aromatic rings. The third-order valence-corrected chi connectivity index (χ3v) is 2.71. The second kappa shape index (κ2) is 8.11. The number of primary amides is 1. The maximum Gasteiger partial charge on any atom is 0.238 e. The number of nitrogens with one attached hydrogen (secondary N) is 2. The van der Waals surface area contributed by atoms with E-state index in [9.17, 15) is 14.7 Å². The molecule has 0 aliphatic carbocycles. The van der Waals surface area contributed by atoms with Gasteiger partial charge in [-0.05, 0) is 23.6 Å². The van der Waals surface area contributed by atoms with Gasteiger partial charge in [-0.2, -0.15) is 0 Å². The molecular weight excluding hydrogens is 274 g/mol. The first-order chi connectivity index (χ1) is 9.92. The van der Waals surface area contributed by atoms with Crippen molar-refractivity contribution in [3.63, 3.8) is 0 Å². The van der Waals surface area contributed by atoms with Crippen LogP contribution in [0, 0.1) is 12.3 Å². The van der Waals surface area contributed by atoms with Gasteiger partial charge in [0.25, 0.3) is 0 Å². The smallest absolute Gasteiger partial charge is 0.238 e. The van der Waals surface area contributed by atoms with E-state index < -0.39 is 5.91 Å². The summed E-state index contributed by atoms with van der Waals surface area (Å²) in [6, 6.07) is 4.88. The molecule has 21 heavy (non-hydrogen) atoms. The molecule has 5 N–H and O–H groups in total. The number of hydrogen-bond acceptors (Lipinski definition) is 5. The topological polar surface area (TPSA) is 114 Å². The Hall–Kier alpha value is -2.28. The van der Waals surface area contributed by atoms with Crippen LogP contribution in [0.4, 0.5) is 0 Å². The van der Waals surface area contributed by atoms with Crippen LogP contribution in [-0.2, 0) is 16.1 Å². The first-order valence-electron chi connectivity index (χ1n) is 6.44. The third-order valence-electron chi connectivity index (χ3n) is 2.71. The largest absolute Gasteiger partial charge is 0.504 e. The normalized spacial score (nSPS) is 11.7. The lowest BCUT2D eigenvalue weighted by Gasteiger charge is -2.11. The summed E-state index contributed by atoms with van der Waals surface area (Å²) < 4.78 is 4.99. The minimum Gasteiger partial charge on any atom is -0.504 e. The molecular formula is C14H20N3O4. The van der Waals surface area contributed by atoms with Crippen molar-refractivity contribution in [3.05, 3.63) is 30.2 Å². The van der Waals surface area contributed by atoms with E-state index >= 15 is 0 Å². The zero-order valence-corrected chi connectivity index (χ0v) is 12.1. The molecule has 0 fully saturated rings. The number of hydrazine groups is 1. The van der Waals surface area contributed by atoms with Crippen molar-refractivity contribution in [1.29, 1.82) is 0 Å². The second-order valence-electron chi connectivity index (χ2n) is 4.66. The Bertz CT molecular complexity index is 505. The predicted octanol–water partition coefficient (Wildman–Crippen LogP) is 0.237. The minimum absolute atomic E-state index is 0.0545. The highest BCUT2D eigenvalue weighted by molar-refractivity contribution is 5.85. The fourth-order valence-corrected chi connectivity index (χ4v) is 1.74. The molecule has 0 saturated heterocycles. The summed E-state index contributed by atoms with van der Waals surface area (Å²) in [4.78, 5) is 22.3. The maximum atomic E-state index is 11.6. The van der Waals surface area contributed by atoms with Gasteiger partial charge < -0.3 is 15.6 Å². The van der Waals surface area contributed by atoms with Gasteiger partial charge >= 0.3 is 0 Å². The molecule has 115 valence electrons. The van der Waals surface area contributed by atoms with Crippen LogP contribution in [0.5, 0.6) is 11.5 Å². The first kappa shape index (κ1) is 16.8. The van der Waals surface area contributed by atoms with Crippen LogP contribution < -0.4 is 21.3 Å². The number of carbonyl (C=O) groups is 2. The van der Waals surface area contributed by atoms with Gasteiger partial charge in [0, 0.05) is 13.0 Å². The highest BCUT2D eigenvalue weighted by atomic mass is 16.5. The van der Waals surface area contributed by atoms with Crippen molar-refractivity contribution in [2.45, 2.75) is 19.9 Å². The van der Waals surface area contributed by atoms with Gasteiger partial charge in [0.05, 0.1) is 13.5 Å². The third kappa shape index (κ3) is 6.13. The first-order valence-corrected chi connectivity index (χ1v) is 6.44. The van der Waals surface area contributed by atoms with Gasteiger partial charge in [0.1, 0.15) is 0 Å². The number of phenols is 1. The van der Waals surface area contributed by atoms with E-state index in [2.05, 4.69) is 10.9 Å². The van der Waals surface area contributed by atoms with Gasteiger partial charge in [0.2, 0.25) is 11.8 Å². The molecule has 1 rings (SSSR count). The van der Waals surface area contributed by atoms with Crippen molar-refractivity contribution in [2.24, 2.45) is 11.7 Å². The zero-order valence-electron chi connectivity index (χ0n) is 12.1. The molecule has 1 aromatic carbocycles. The van der Waals surface area contributed by atoms with Gasteiger partial charge in [-0.25, -0.2) is 5.43 Å². The van der Waals surface area contributed by atoms with Crippen LogP contribution in [0.15, 0.2) is 18.2 Å². The molecule has 0 unspecified atom stereocenters. The summed E-state index contributed by atoms with van der Waals surface area (Å²) in [5.74, 6) is -0.593. The number of amides is 2. The van der Waals surface area contributed by atoms with E-state index in [0.717, 1.165) is 5.56 Å². The average Bonchev–Trinajstić information content (AvgIpc) is 2.39. The zero-order chi connectivity index (χ0) is 15.8. The monoisotopic (exact) mass is 294 g/mol. The fourth-order valence-electron chi connectivity index (χ4n) is 1.74. The lowest BCUT2D eigenvalue weighted by Crippen LogP contribution is -2.38. The van der Waals surface area contributed by atoms with Crippen molar-refractivity contribution in [1.82, 2.24) is 10.9 Å². The molecule has 2 amide bonds. The summed E-state index contributed by atoms with van der Waals surface area (Å²) in [5, 5.41) is 9.46. The summed E-state index contributed by atoms with van der Waals surface area (Å²) in [6.45, 7) is 2.09. The highest BCUT2D eigenvalue weighted by Gasteiger charge is 2.11. The molecule has 1 atom stereocenters. The molecule has 0 heterocycles. The highest BCUT2D eigenvalue weighted by Crippen LogP contribution is 2.25. The Morgan fingerprint density at radius 3 is 2.81 bits per heavy atom. The van der Waals surface area contributed by atoms with Crippen LogP contribution in [0.1, 0.15) is 18.9 Å². The van der Waals surface area contributed by atoms with E-state index in [1.54, 1.807) is 19.1 Å². The molecule has 0 aliphatic heterocycles. The number of methoxy groups -OCH3 is 1. The van der Waals surface area contributed by atoms with E-state index in [1.165, 1.54) is 19.6 Å². The van der Waals surface area contributed by atoms with Crippen molar-refractivity contribution in [3.8, 4) is 11.5 Å². The number of benzene rings is 1. The van der Waals surface area contributed by atoms with Gasteiger partial charge in [-0.1, -0.05) is 13.0 Å². The standard InChI is InChI=1S/C14H20N3O4/c1-9(5-13(15)19)6-14(20)17-16-8-10-3-4-11(18)12(7-10)21-2/h3-4,6-7,9,16,18H,5,8H2,1-2H3,(H2,15,19)(H,17,20)/t9-/m1/s1. The Kier molecular flexibility index (Phi) is 6.48. The van der Waals surface area contributed by atoms with Crippen LogP contribution in [0.2, 0.25) is 0 Å². The molecule has 0 aromatic heterocycles. The average molecular weight is 294 g/mol. The van der Waals surface area contributed by atoms with Gasteiger partial charge in [-0.3, -0.25) is 15.0 Å². The number of rotatable bonds is 8. The quantitative estimate of drug-likeness (QED) is 0.513. The van der Waals surface area contributed by atoms with Crippen LogP contribution >= 0.6 is 0 Å².